The first kappa shape index (κ1) is 26.2. The summed E-state index contributed by atoms with van der Waals surface area (Å²) in [5.74, 6) is -1.47. The normalized spacial score (nSPS) is 18.6. The summed E-state index contributed by atoms with van der Waals surface area (Å²) in [5, 5.41) is 16.9. The summed E-state index contributed by atoms with van der Waals surface area (Å²) in [6.45, 7) is 7.78. The van der Waals surface area contributed by atoms with Crippen molar-refractivity contribution in [2.75, 3.05) is 13.1 Å². The largest absolute Gasteiger partial charge is 0.481 e. The van der Waals surface area contributed by atoms with Gasteiger partial charge in [0, 0.05) is 20.0 Å². The van der Waals surface area contributed by atoms with E-state index in [9.17, 15) is 9.90 Å². The van der Waals surface area contributed by atoms with Crippen LogP contribution in [0.3, 0.4) is 0 Å². The van der Waals surface area contributed by atoms with Crippen LogP contribution in [-0.4, -0.2) is 40.1 Å². The van der Waals surface area contributed by atoms with E-state index in [2.05, 4.69) is 36.1 Å². The van der Waals surface area contributed by atoms with E-state index in [-0.39, 0.29) is 0 Å². The van der Waals surface area contributed by atoms with Gasteiger partial charge in [-0.1, -0.05) is 76.6 Å². The topological polar surface area (TPSA) is 77.8 Å². The maximum atomic E-state index is 11.6. The minimum Gasteiger partial charge on any atom is -0.481 e. The molecule has 0 radical (unpaired) electrons. The van der Waals surface area contributed by atoms with Crippen LogP contribution in [0.15, 0.2) is 24.3 Å². The SMILES string of the molecule is CC(=O)O.CCCCCCCCCc1ccc(CN2CCC(CC)(C(=O)O)C2)cc1. The van der Waals surface area contributed by atoms with E-state index < -0.39 is 17.4 Å². The fourth-order valence-electron chi connectivity index (χ4n) is 4.06. The standard InChI is InChI=1S/C23H37NO2.C2H4O2/c1-3-5-6-7-8-9-10-11-20-12-14-21(15-13-20)18-24-17-16-23(4-2,19-24)22(25)26;1-2(3)4/h12-15H,3-11,16-19H2,1-2H3,(H,25,26);1H3,(H,3,4). The van der Waals surface area contributed by atoms with Gasteiger partial charge < -0.3 is 10.2 Å². The third-order valence-corrected chi connectivity index (χ3v) is 6.06. The predicted octanol–water partition coefficient (Wildman–Crippen LogP) is 5.76. The van der Waals surface area contributed by atoms with Crippen LogP contribution in [0, 0.1) is 5.41 Å². The highest BCUT2D eigenvalue weighted by Crippen LogP contribution is 2.34. The molecule has 1 aliphatic heterocycles. The first-order chi connectivity index (χ1) is 14.3. The third kappa shape index (κ3) is 9.75. The highest BCUT2D eigenvalue weighted by Gasteiger charge is 2.42. The summed E-state index contributed by atoms with van der Waals surface area (Å²) in [6.07, 6.45) is 12.1. The van der Waals surface area contributed by atoms with Gasteiger partial charge in [-0.15, -0.1) is 0 Å². The smallest absolute Gasteiger partial charge is 0.310 e. The van der Waals surface area contributed by atoms with E-state index in [1.807, 2.05) is 6.92 Å². The number of aliphatic carboxylic acids is 2. The van der Waals surface area contributed by atoms with Gasteiger partial charge >= 0.3 is 5.97 Å². The molecule has 5 nitrogen and oxygen atoms in total. The van der Waals surface area contributed by atoms with Gasteiger partial charge in [-0.3, -0.25) is 14.5 Å². The van der Waals surface area contributed by atoms with Gasteiger partial charge in [-0.25, -0.2) is 0 Å². The molecule has 0 bridgehead atoms. The fourth-order valence-corrected chi connectivity index (χ4v) is 4.06. The molecule has 0 amide bonds. The minimum absolute atomic E-state index is 0.531. The molecule has 30 heavy (non-hydrogen) atoms. The molecule has 1 atom stereocenters. The van der Waals surface area contributed by atoms with Crippen LogP contribution in [-0.2, 0) is 22.6 Å². The van der Waals surface area contributed by atoms with E-state index in [1.165, 1.54) is 62.5 Å². The number of benzene rings is 1. The zero-order valence-electron chi connectivity index (χ0n) is 19.2. The molecule has 0 aromatic heterocycles. The maximum absolute atomic E-state index is 11.6. The Morgan fingerprint density at radius 1 is 0.933 bits per heavy atom. The van der Waals surface area contributed by atoms with Crippen LogP contribution >= 0.6 is 0 Å². The number of hydrogen-bond donors (Lipinski definition) is 2. The lowest BCUT2D eigenvalue weighted by atomic mass is 9.84. The van der Waals surface area contributed by atoms with Crippen LogP contribution in [0.5, 0.6) is 0 Å². The second kappa shape index (κ2) is 14.2. The van der Waals surface area contributed by atoms with Crippen molar-refractivity contribution in [1.82, 2.24) is 4.90 Å². The number of aryl methyl sites for hydroxylation is 1. The van der Waals surface area contributed by atoms with Gasteiger partial charge in [0.25, 0.3) is 5.97 Å². The third-order valence-electron chi connectivity index (χ3n) is 6.06. The number of carboxylic acids is 2. The van der Waals surface area contributed by atoms with E-state index in [0.29, 0.717) is 6.54 Å². The lowest BCUT2D eigenvalue weighted by Crippen LogP contribution is -2.33. The molecule has 2 N–H and O–H groups in total. The molecule has 5 heteroatoms. The van der Waals surface area contributed by atoms with E-state index in [4.69, 9.17) is 9.90 Å². The Kier molecular flexibility index (Phi) is 12.4. The molecular formula is C25H41NO4. The molecule has 1 fully saturated rings. The van der Waals surface area contributed by atoms with Crippen LogP contribution < -0.4 is 0 Å². The molecule has 1 aromatic rings. The summed E-state index contributed by atoms with van der Waals surface area (Å²) in [7, 11) is 0. The van der Waals surface area contributed by atoms with Crippen molar-refractivity contribution in [1.29, 1.82) is 0 Å². The Morgan fingerprint density at radius 2 is 1.47 bits per heavy atom. The van der Waals surface area contributed by atoms with Gasteiger partial charge in [0.1, 0.15) is 0 Å². The number of rotatable bonds is 12. The van der Waals surface area contributed by atoms with E-state index >= 15 is 0 Å². The highest BCUT2D eigenvalue weighted by atomic mass is 16.4. The van der Waals surface area contributed by atoms with Crippen molar-refractivity contribution in [2.45, 2.75) is 91.5 Å². The summed E-state index contributed by atoms with van der Waals surface area (Å²) in [6, 6.07) is 8.96. The first-order valence-corrected chi connectivity index (χ1v) is 11.6. The number of carboxylic acid groups (broad SMARTS) is 2. The van der Waals surface area contributed by atoms with Crippen molar-refractivity contribution >= 4 is 11.9 Å². The minimum atomic E-state index is -0.833. The number of hydrogen-bond acceptors (Lipinski definition) is 3. The predicted molar refractivity (Wildman–Crippen MR) is 122 cm³/mol. The summed E-state index contributed by atoms with van der Waals surface area (Å²) in [5.41, 5.74) is 2.19. The van der Waals surface area contributed by atoms with Crippen LogP contribution in [0.2, 0.25) is 0 Å². The maximum Gasteiger partial charge on any atom is 0.310 e. The van der Waals surface area contributed by atoms with Gasteiger partial charge in [-0.05, 0) is 43.4 Å². The van der Waals surface area contributed by atoms with Gasteiger partial charge in [-0.2, -0.15) is 0 Å². The zero-order valence-corrected chi connectivity index (χ0v) is 19.2. The quantitative estimate of drug-likeness (QED) is 0.421. The van der Waals surface area contributed by atoms with E-state index in [1.54, 1.807) is 0 Å². The van der Waals surface area contributed by atoms with Gasteiger partial charge in [0.15, 0.2) is 0 Å². The highest BCUT2D eigenvalue weighted by molar-refractivity contribution is 5.75. The van der Waals surface area contributed by atoms with Crippen molar-refractivity contribution in [3.63, 3.8) is 0 Å². The van der Waals surface area contributed by atoms with Gasteiger partial charge in [0.2, 0.25) is 0 Å². The lowest BCUT2D eigenvalue weighted by Gasteiger charge is -2.23. The van der Waals surface area contributed by atoms with Crippen LogP contribution in [0.4, 0.5) is 0 Å². The molecular weight excluding hydrogens is 378 g/mol. The zero-order chi connectivity index (χ0) is 22.4. The Hall–Kier alpha value is -1.88. The molecule has 1 aliphatic rings. The molecule has 170 valence electrons. The van der Waals surface area contributed by atoms with Crippen molar-refractivity contribution in [2.24, 2.45) is 5.41 Å². The summed E-state index contributed by atoms with van der Waals surface area (Å²) < 4.78 is 0. The number of carbonyl (C=O) groups is 2. The monoisotopic (exact) mass is 419 g/mol. The molecule has 1 aromatic carbocycles. The Bertz CT molecular complexity index is 625. The average molecular weight is 420 g/mol. The van der Waals surface area contributed by atoms with Crippen molar-refractivity contribution in [3.05, 3.63) is 35.4 Å². The number of nitrogens with zero attached hydrogens (tertiary/aromatic N) is 1. The van der Waals surface area contributed by atoms with Gasteiger partial charge in [0.05, 0.1) is 5.41 Å². The lowest BCUT2D eigenvalue weighted by molar-refractivity contribution is -0.148. The molecule has 0 aliphatic carbocycles. The van der Waals surface area contributed by atoms with Crippen molar-refractivity contribution in [3.8, 4) is 0 Å². The molecule has 1 saturated heterocycles. The number of unbranched alkanes of at least 4 members (excludes halogenated alkanes) is 6. The fraction of sp³-hybridized carbons (Fsp3) is 0.680. The second-order valence-corrected chi connectivity index (χ2v) is 8.61. The molecule has 2 rings (SSSR count). The number of likely N-dealkylation sites (tertiary alicyclic amines) is 1. The molecule has 1 unspecified atom stereocenters. The van der Waals surface area contributed by atoms with Crippen molar-refractivity contribution < 1.29 is 19.8 Å². The summed E-state index contributed by atoms with van der Waals surface area (Å²) >= 11 is 0. The Labute approximate surface area is 182 Å². The second-order valence-electron chi connectivity index (χ2n) is 8.61. The Morgan fingerprint density at radius 3 is 1.97 bits per heavy atom. The Balaban J connectivity index is 0.00000103. The van der Waals surface area contributed by atoms with E-state index in [0.717, 1.165) is 32.9 Å². The average Bonchev–Trinajstić information content (AvgIpc) is 3.13. The molecule has 0 saturated carbocycles. The summed E-state index contributed by atoms with van der Waals surface area (Å²) in [4.78, 5) is 22.9. The van der Waals surface area contributed by atoms with Crippen LogP contribution in [0.1, 0.15) is 89.7 Å². The first-order valence-electron chi connectivity index (χ1n) is 11.6. The van der Waals surface area contributed by atoms with Crippen LogP contribution in [0.25, 0.3) is 0 Å². The molecule has 0 spiro atoms. The molecule has 1 heterocycles.